The Morgan fingerprint density at radius 2 is 2.25 bits per heavy atom. The van der Waals surface area contributed by atoms with Gasteiger partial charge in [0, 0.05) is 0 Å². The van der Waals surface area contributed by atoms with Crippen LogP contribution in [0, 0.1) is 6.92 Å². The molecule has 0 atom stereocenters. The maximum absolute atomic E-state index is 5.75. The molecule has 2 nitrogen and oxygen atoms in total. The summed E-state index contributed by atoms with van der Waals surface area (Å²) in [6, 6.07) is 0. The molecule has 0 unspecified atom stereocenters. The Bertz CT molecular complexity index is 314. The van der Waals surface area contributed by atoms with E-state index in [1.54, 1.807) is 0 Å². The highest BCUT2D eigenvalue weighted by Crippen LogP contribution is 2.31. The van der Waals surface area contributed by atoms with Gasteiger partial charge in [0.05, 0.1) is 16.3 Å². The normalized spacial score (nSPS) is 15.8. The van der Waals surface area contributed by atoms with Gasteiger partial charge in [-0.05, 0) is 37.1 Å². The smallest absolute Gasteiger partial charge is 0.222 e. The second kappa shape index (κ2) is 3.23. The zero-order valence-electron chi connectivity index (χ0n) is 6.80. The minimum absolute atomic E-state index is 0.383. The lowest BCUT2D eigenvalue weighted by Crippen LogP contribution is -2.05. The lowest BCUT2D eigenvalue weighted by Gasteiger charge is -2.15. The Labute approximate surface area is 80.8 Å². The molecule has 0 spiro atoms. The standard InChI is InChI=1S/C8H9ClN2S/c1-5-7-6(3-2-4-12-7)11-8(9)10-5/h2-4H2,1H3. The summed E-state index contributed by atoms with van der Waals surface area (Å²) in [6.45, 7) is 1.99. The molecule has 2 heterocycles. The van der Waals surface area contributed by atoms with Crippen molar-refractivity contribution in [3.8, 4) is 0 Å². The Hall–Kier alpha value is -0.280. The zero-order valence-corrected chi connectivity index (χ0v) is 8.37. The van der Waals surface area contributed by atoms with Crippen LogP contribution >= 0.6 is 23.4 Å². The molecule has 0 aromatic carbocycles. The van der Waals surface area contributed by atoms with E-state index in [0.29, 0.717) is 5.28 Å². The van der Waals surface area contributed by atoms with Gasteiger partial charge in [0.1, 0.15) is 0 Å². The van der Waals surface area contributed by atoms with Crippen LogP contribution in [0.1, 0.15) is 17.8 Å². The molecule has 0 aliphatic carbocycles. The molecule has 64 valence electrons. The van der Waals surface area contributed by atoms with Crippen molar-refractivity contribution in [2.75, 3.05) is 5.75 Å². The first kappa shape index (κ1) is 8.32. The molecule has 1 aromatic rings. The van der Waals surface area contributed by atoms with E-state index in [1.165, 1.54) is 17.1 Å². The highest BCUT2D eigenvalue weighted by molar-refractivity contribution is 7.99. The Morgan fingerprint density at radius 3 is 3.08 bits per heavy atom. The number of aromatic nitrogens is 2. The van der Waals surface area contributed by atoms with Crippen LogP contribution < -0.4 is 0 Å². The van der Waals surface area contributed by atoms with Crippen molar-refractivity contribution in [2.24, 2.45) is 0 Å². The van der Waals surface area contributed by atoms with Gasteiger partial charge in [-0.1, -0.05) is 0 Å². The average molecular weight is 201 g/mol. The van der Waals surface area contributed by atoms with Crippen LogP contribution in [0.25, 0.3) is 0 Å². The van der Waals surface area contributed by atoms with Crippen LogP contribution in [0.4, 0.5) is 0 Å². The van der Waals surface area contributed by atoms with Gasteiger partial charge in [0.15, 0.2) is 0 Å². The molecule has 1 aliphatic rings. The Morgan fingerprint density at radius 1 is 1.42 bits per heavy atom. The SMILES string of the molecule is Cc1nc(Cl)nc2c1SCCC2. The molecule has 0 fully saturated rings. The third-order valence-corrected chi connectivity index (χ3v) is 3.36. The van der Waals surface area contributed by atoms with Gasteiger partial charge in [-0.15, -0.1) is 11.8 Å². The van der Waals surface area contributed by atoms with Crippen molar-refractivity contribution < 1.29 is 0 Å². The quantitative estimate of drug-likeness (QED) is 0.602. The predicted molar refractivity (Wildman–Crippen MR) is 50.8 cm³/mol. The van der Waals surface area contributed by atoms with Crippen LogP contribution in [0.2, 0.25) is 5.28 Å². The summed E-state index contributed by atoms with van der Waals surface area (Å²) >= 11 is 7.59. The third kappa shape index (κ3) is 1.43. The van der Waals surface area contributed by atoms with E-state index in [2.05, 4.69) is 9.97 Å². The predicted octanol–water partition coefficient (Wildman–Crippen LogP) is 2.48. The lowest BCUT2D eigenvalue weighted by molar-refractivity contribution is 0.814. The zero-order chi connectivity index (χ0) is 8.55. The van der Waals surface area contributed by atoms with E-state index in [0.717, 1.165) is 17.8 Å². The topological polar surface area (TPSA) is 25.8 Å². The van der Waals surface area contributed by atoms with Crippen molar-refractivity contribution in [1.82, 2.24) is 9.97 Å². The van der Waals surface area contributed by atoms with Crippen molar-refractivity contribution >= 4 is 23.4 Å². The number of nitrogens with zero attached hydrogens (tertiary/aromatic N) is 2. The number of fused-ring (bicyclic) bond motifs is 1. The highest BCUT2D eigenvalue weighted by Gasteiger charge is 2.14. The molecule has 0 N–H and O–H groups in total. The minimum atomic E-state index is 0.383. The van der Waals surface area contributed by atoms with Gasteiger partial charge >= 0.3 is 0 Å². The molecule has 4 heteroatoms. The summed E-state index contributed by atoms with van der Waals surface area (Å²) in [4.78, 5) is 9.57. The molecule has 12 heavy (non-hydrogen) atoms. The summed E-state index contributed by atoms with van der Waals surface area (Å²) in [5.41, 5.74) is 2.15. The Balaban J connectivity index is 2.53. The fourth-order valence-corrected chi connectivity index (χ4v) is 2.65. The first-order chi connectivity index (χ1) is 5.77. The molecular formula is C8H9ClN2S. The molecule has 0 amide bonds. The molecule has 1 aromatic heterocycles. The molecule has 0 saturated carbocycles. The van der Waals surface area contributed by atoms with E-state index in [1.807, 2.05) is 18.7 Å². The van der Waals surface area contributed by atoms with Gasteiger partial charge in [0.25, 0.3) is 0 Å². The average Bonchev–Trinajstić information content (AvgIpc) is 2.04. The molecule has 0 bridgehead atoms. The van der Waals surface area contributed by atoms with Crippen molar-refractivity contribution in [2.45, 2.75) is 24.7 Å². The largest absolute Gasteiger partial charge is 0.222 e. The number of hydrogen-bond acceptors (Lipinski definition) is 3. The van der Waals surface area contributed by atoms with E-state index >= 15 is 0 Å². The van der Waals surface area contributed by atoms with Crippen molar-refractivity contribution in [1.29, 1.82) is 0 Å². The molecular weight excluding hydrogens is 192 g/mol. The number of rotatable bonds is 0. The highest BCUT2D eigenvalue weighted by atomic mass is 35.5. The number of aryl methyl sites for hydroxylation is 2. The molecule has 2 rings (SSSR count). The number of thioether (sulfide) groups is 1. The van der Waals surface area contributed by atoms with E-state index in [-0.39, 0.29) is 0 Å². The van der Waals surface area contributed by atoms with E-state index < -0.39 is 0 Å². The minimum Gasteiger partial charge on any atom is -0.222 e. The molecule has 0 radical (unpaired) electrons. The first-order valence-corrected chi connectivity index (χ1v) is 5.29. The monoisotopic (exact) mass is 200 g/mol. The number of halogens is 1. The molecule has 0 saturated heterocycles. The van der Waals surface area contributed by atoms with Gasteiger partial charge < -0.3 is 0 Å². The number of hydrogen-bond donors (Lipinski definition) is 0. The van der Waals surface area contributed by atoms with Gasteiger partial charge in [0.2, 0.25) is 5.28 Å². The maximum Gasteiger partial charge on any atom is 0.222 e. The molecule has 1 aliphatic heterocycles. The second-order valence-electron chi connectivity index (χ2n) is 2.81. The van der Waals surface area contributed by atoms with Gasteiger partial charge in [-0.25, -0.2) is 9.97 Å². The summed E-state index contributed by atoms with van der Waals surface area (Å²) in [5, 5.41) is 0.383. The summed E-state index contributed by atoms with van der Waals surface area (Å²) in [5.74, 6) is 1.18. The second-order valence-corrected chi connectivity index (χ2v) is 4.25. The Kier molecular flexibility index (Phi) is 2.24. The fourth-order valence-electron chi connectivity index (χ4n) is 1.36. The van der Waals surface area contributed by atoms with Crippen LogP contribution in [-0.4, -0.2) is 15.7 Å². The van der Waals surface area contributed by atoms with Crippen LogP contribution in [0.15, 0.2) is 4.90 Å². The summed E-state index contributed by atoms with van der Waals surface area (Å²) in [6.07, 6.45) is 2.25. The lowest BCUT2D eigenvalue weighted by atomic mass is 10.2. The maximum atomic E-state index is 5.75. The van der Waals surface area contributed by atoms with Crippen LogP contribution in [-0.2, 0) is 6.42 Å². The van der Waals surface area contributed by atoms with Crippen molar-refractivity contribution in [3.63, 3.8) is 0 Å². The fraction of sp³-hybridized carbons (Fsp3) is 0.500. The summed E-state index contributed by atoms with van der Waals surface area (Å²) in [7, 11) is 0. The van der Waals surface area contributed by atoms with E-state index in [9.17, 15) is 0 Å². The third-order valence-electron chi connectivity index (χ3n) is 1.88. The first-order valence-electron chi connectivity index (χ1n) is 3.93. The van der Waals surface area contributed by atoms with Crippen molar-refractivity contribution in [3.05, 3.63) is 16.7 Å². The van der Waals surface area contributed by atoms with Gasteiger partial charge in [-0.3, -0.25) is 0 Å². The van der Waals surface area contributed by atoms with Gasteiger partial charge in [-0.2, -0.15) is 0 Å². The van der Waals surface area contributed by atoms with Crippen LogP contribution in [0.3, 0.4) is 0 Å². The van der Waals surface area contributed by atoms with Crippen LogP contribution in [0.5, 0.6) is 0 Å². The van der Waals surface area contributed by atoms with E-state index in [4.69, 9.17) is 11.6 Å². The summed E-state index contributed by atoms with van der Waals surface area (Å²) < 4.78 is 0.